The van der Waals surface area contributed by atoms with Gasteiger partial charge in [-0.2, -0.15) is 5.26 Å². The lowest BCUT2D eigenvalue weighted by atomic mass is 10.0. The van der Waals surface area contributed by atoms with Gasteiger partial charge in [-0.05, 0) is 61.3 Å². The number of H-pyrrole nitrogens is 1. The van der Waals surface area contributed by atoms with Gasteiger partial charge in [-0.1, -0.05) is 18.2 Å². The molecule has 1 aliphatic rings. The minimum atomic E-state index is -0.506. The molecule has 3 aromatic rings. The van der Waals surface area contributed by atoms with Crippen LogP contribution in [0.5, 0.6) is 0 Å². The van der Waals surface area contributed by atoms with Crippen molar-refractivity contribution in [2.24, 2.45) is 0 Å². The summed E-state index contributed by atoms with van der Waals surface area (Å²) in [6.45, 7) is 2.80. The molecule has 30 heavy (non-hydrogen) atoms. The standard InChI is InChI=1S/C23H24N4O3/c1-26(22(28)13-16-7-8-21-19(12-16)25-23(29)30-21)20(15-27-9-2-3-10-27)18-6-4-5-17(11-18)14-24/h4-8,11-12,20H,2-3,9-10,13,15H2,1H3,(H,25,29)/t20-/m1/s1. The second kappa shape index (κ2) is 8.56. The van der Waals surface area contributed by atoms with E-state index in [0.717, 1.165) is 30.8 Å². The molecule has 7 heteroatoms. The molecule has 0 radical (unpaired) electrons. The van der Waals surface area contributed by atoms with E-state index in [1.54, 1.807) is 29.2 Å². The van der Waals surface area contributed by atoms with Gasteiger partial charge in [0.05, 0.1) is 29.6 Å². The van der Waals surface area contributed by atoms with Crippen LogP contribution in [0.25, 0.3) is 11.1 Å². The molecule has 0 saturated carbocycles. The Labute approximate surface area is 174 Å². The fourth-order valence-corrected chi connectivity index (χ4v) is 4.06. The summed E-state index contributed by atoms with van der Waals surface area (Å²) >= 11 is 0. The van der Waals surface area contributed by atoms with E-state index >= 15 is 0 Å². The second-order valence-corrected chi connectivity index (χ2v) is 7.79. The number of aromatic nitrogens is 1. The predicted molar refractivity (Wildman–Crippen MR) is 113 cm³/mol. The average molecular weight is 404 g/mol. The van der Waals surface area contributed by atoms with Crippen molar-refractivity contribution in [2.45, 2.75) is 25.3 Å². The smallest absolute Gasteiger partial charge is 0.408 e. The minimum Gasteiger partial charge on any atom is -0.408 e. The Morgan fingerprint density at radius 1 is 1.27 bits per heavy atom. The maximum Gasteiger partial charge on any atom is 0.417 e. The van der Waals surface area contributed by atoms with Crippen LogP contribution < -0.4 is 5.76 Å². The van der Waals surface area contributed by atoms with Gasteiger partial charge in [0.2, 0.25) is 5.91 Å². The van der Waals surface area contributed by atoms with Crippen LogP contribution in [0.1, 0.15) is 35.6 Å². The number of likely N-dealkylation sites (N-methyl/N-ethyl adjacent to an activating group) is 1. The van der Waals surface area contributed by atoms with Crippen molar-refractivity contribution < 1.29 is 9.21 Å². The van der Waals surface area contributed by atoms with E-state index in [1.807, 2.05) is 25.2 Å². The van der Waals surface area contributed by atoms with Crippen molar-refractivity contribution in [3.63, 3.8) is 0 Å². The van der Waals surface area contributed by atoms with Crippen molar-refractivity contribution in [3.05, 3.63) is 69.7 Å². The van der Waals surface area contributed by atoms with Gasteiger partial charge in [-0.3, -0.25) is 9.78 Å². The van der Waals surface area contributed by atoms with E-state index in [1.165, 1.54) is 12.8 Å². The van der Waals surface area contributed by atoms with Crippen molar-refractivity contribution >= 4 is 17.0 Å². The Kier molecular flexibility index (Phi) is 5.68. The van der Waals surface area contributed by atoms with Crippen LogP contribution >= 0.6 is 0 Å². The summed E-state index contributed by atoms with van der Waals surface area (Å²) in [6.07, 6.45) is 2.56. The Morgan fingerprint density at radius 2 is 2.07 bits per heavy atom. The Bertz CT molecular complexity index is 1150. The third kappa shape index (κ3) is 4.29. The molecule has 1 fully saturated rings. The first-order chi connectivity index (χ1) is 14.5. The monoisotopic (exact) mass is 404 g/mol. The highest BCUT2D eigenvalue weighted by molar-refractivity contribution is 5.81. The lowest BCUT2D eigenvalue weighted by molar-refractivity contribution is -0.131. The maximum absolute atomic E-state index is 13.1. The second-order valence-electron chi connectivity index (χ2n) is 7.79. The Balaban J connectivity index is 1.56. The van der Waals surface area contributed by atoms with Gasteiger partial charge in [-0.25, -0.2) is 4.79 Å². The summed E-state index contributed by atoms with van der Waals surface area (Å²) < 4.78 is 5.03. The highest BCUT2D eigenvalue weighted by Gasteiger charge is 2.26. The van der Waals surface area contributed by atoms with Gasteiger partial charge in [0, 0.05) is 13.6 Å². The van der Waals surface area contributed by atoms with E-state index in [9.17, 15) is 14.9 Å². The van der Waals surface area contributed by atoms with Gasteiger partial charge in [0.15, 0.2) is 5.58 Å². The summed E-state index contributed by atoms with van der Waals surface area (Å²) in [5.74, 6) is -0.527. The third-order valence-corrected chi connectivity index (χ3v) is 5.73. The maximum atomic E-state index is 13.1. The average Bonchev–Trinajstić information content (AvgIpc) is 3.39. The number of amides is 1. The van der Waals surface area contributed by atoms with E-state index in [0.29, 0.717) is 16.7 Å². The number of aromatic amines is 1. The number of benzene rings is 2. The van der Waals surface area contributed by atoms with Crippen LogP contribution in [0.15, 0.2) is 51.7 Å². The quantitative estimate of drug-likeness (QED) is 0.682. The molecule has 1 N–H and O–H groups in total. The number of carbonyl (C=O) groups excluding carboxylic acids is 1. The molecule has 1 saturated heterocycles. The van der Waals surface area contributed by atoms with E-state index < -0.39 is 5.76 Å². The van der Waals surface area contributed by atoms with E-state index in [-0.39, 0.29) is 18.4 Å². The third-order valence-electron chi connectivity index (χ3n) is 5.73. The normalized spacial score (nSPS) is 15.2. The molecule has 1 aliphatic heterocycles. The van der Waals surface area contributed by atoms with Crippen molar-refractivity contribution in [3.8, 4) is 6.07 Å². The molecule has 154 valence electrons. The molecule has 0 aliphatic carbocycles. The highest BCUT2D eigenvalue weighted by atomic mass is 16.4. The highest BCUT2D eigenvalue weighted by Crippen LogP contribution is 2.25. The number of fused-ring (bicyclic) bond motifs is 1. The Hall–Kier alpha value is -3.37. The zero-order chi connectivity index (χ0) is 21.1. The molecule has 0 spiro atoms. The number of nitrogens with one attached hydrogen (secondary N) is 1. The predicted octanol–water partition coefficient (Wildman–Crippen LogP) is 2.83. The van der Waals surface area contributed by atoms with Gasteiger partial charge >= 0.3 is 5.76 Å². The lowest BCUT2D eigenvalue weighted by Crippen LogP contribution is -2.39. The van der Waals surface area contributed by atoms with Crippen LogP contribution in [-0.4, -0.2) is 47.4 Å². The fourth-order valence-electron chi connectivity index (χ4n) is 4.06. The first-order valence-corrected chi connectivity index (χ1v) is 10.1. The number of hydrogen-bond donors (Lipinski definition) is 1. The van der Waals surface area contributed by atoms with Crippen LogP contribution in [0.4, 0.5) is 0 Å². The van der Waals surface area contributed by atoms with Gasteiger partial charge in [0.1, 0.15) is 0 Å². The number of rotatable bonds is 6. The van der Waals surface area contributed by atoms with Crippen LogP contribution in [-0.2, 0) is 11.2 Å². The molecule has 1 aromatic heterocycles. The van der Waals surface area contributed by atoms with Crippen LogP contribution in [0.2, 0.25) is 0 Å². The Morgan fingerprint density at radius 3 is 2.83 bits per heavy atom. The van der Waals surface area contributed by atoms with Gasteiger partial charge in [-0.15, -0.1) is 0 Å². The molecule has 0 bridgehead atoms. The summed E-state index contributed by atoms with van der Waals surface area (Å²) in [6, 6.07) is 14.8. The molecular formula is C23H24N4O3. The number of nitrogens with zero attached hydrogens (tertiary/aromatic N) is 3. The van der Waals surface area contributed by atoms with Crippen molar-refractivity contribution in [2.75, 3.05) is 26.7 Å². The fraction of sp³-hybridized carbons (Fsp3) is 0.348. The lowest BCUT2D eigenvalue weighted by Gasteiger charge is -2.32. The zero-order valence-electron chi connectivity index (χ0n) is 16.9. The van der Waals surface area contributed by atoms with Crippen LogP contribution in [0, 0.1) is 11.3 Å². The van der Waals surface area contributed by atoms with E-state index in [2.05, 4.69) is 16.0 Å². The molecule has 1 amide bonds. The first-order valence-electron chi connectivity index (χ1n) is 10.1. The SMILES string of the molecule is CN(C(=O)Cc1ccc2oc(=O)[nH]c2c1)[C@H](CN1CCCC1)c1cccc(C#N)c1. The van der Waals surface area contributed by atoms with Crippen molar-refractivity contribution in [1.29, 1.82) is 5.26 Å². The van der Waals surface area contributed by atoms with Gasteiger partial charge in [0.25, 0.3) is 0 Å². The summed E-state index contributed by atoms with van der Waals surface area (Å²) in [4.78, 5) is 31.3. The summed E-state index contributed by atoms with van der Waals surface area (Å²) in [7, 11) is 1.82. The molecule has 0 unspecified atom stereocenters. The summed E-state index contributed by atoms with van der Waals surface area (Å²) in [5.41, 5.74) is 3.43. The molecule has 2 heterocycles. The van der Waals surface area contributed by atoms with Crippen molar-refractivity contribution in [1.82, 2.24) is 14.8 Å². The van der Waals surface area contributed by atoms with Gasteiger partial charge < -0.3 is 14.2 Å². The largest absolute Gasteiger partial charge is 0.417 e. The zero-order valence-corrected chi connectivity index (χ0v) is 16.9. The molecule has 1 atom stereocenters. The number of hydrogen-bond acceptors (Lipinski definition) is 5. The number of nitriles is 1. The topological polar surface area (TPSA) is 93.3 Å². The van der Waals surface area contributed by atoms with E-state index in [4.69, 9.17) is 4.42 Å². The minimum absolute atomic E-state index is 0.0215. The molecule has 4 rings (SSSR count). The summed E-state index contributed by atoms with van der Waals surface area (Å²) in [5, 5.41) is 9.29. The first kappa shape index (κ1) is 19.9. The molecule has 7 nitrogen and oxygen atoms in total. The molecule has 2 aromatic carbocycles. The van der Waals surface area contributed by atoms with Crippen LogP contribution in [0.3, 0.4) is 0 Å². The number of oxazole rings is 1. The molecular weight excluding hydrogens is 380 g/mol. The number of likely N-dealkylation sites (tertiary alicyclic amines) is 1. The number of carbonyl (C=O) groups is 1.